The third-order valence-electron chi connectivity index (χ3n) is 5.83. The fraction of sp³-hybridized carbons (Fsp3) is 0.478. The highest BCUT2D eigenvalue weighted by atomic mass is 32.2. The van der Waals surface area contributed by atoms with Crippen LogP contribution in [0.3, 0.4) is 0 Å². The average molecular weight is 524 g/mol. The van der Waals surface area contributed by atoms with Crippen LogP contribution in [0.2, 0.25) is 0 Å². The lowest BCUT2D eigenvalue weighted by Crippen LogP contribution is -2.40. The number of hydrogen-bond acceptors (Lipinski definition) is 7. The highest BCUT2D eigenvalue weighted by molar-refractivity contribution is 7.89. The number of aryl methyl sites for hydroxylation is 1. The van der Waals surface area contributed by atoms with Gasteiger partial charge in [0.25, 0.3) is 0 Å². The summed E-state index contributed by atoms with van der Waals surface area (Å²) < 4.78 is 38.0. The van der Waals surface area contributed by atoms with Gasteiger partial charge in [-0.25, -0.2) is 13.2 Å². The summed E-state index contributed by atoms with van der Waals surface area (Å²) in [5.41, 5.74) is 2.17. The molecule has 1 aromatic heterocycles. The Bertz CT molecular complexity index is 1160. The molecule has 0 radical (unpaired) electrons. The smallest absolute Gasteiger partial charge is 0.341 e. The number of benzene rings is 1. The molecule has 0 saturated carbocycles. The van der Waals surface area contributed by atoms with Gasteiger partial charge in [-0.1, -0.05) is 12.5 Å². The van der Waals surface area contributed by atoms with Crippen LogP contribution >= 0.6 is 23.6 Å². The van der Waals surface area contributed by atoms with Crippen molar-refractivity contribution in [1.29, 1.82) is 0 Å². The Balaban J connectivity index is 1.52. The molecule has 2 aromatic rings. The van der Waals surface area contributed by atoms with E-state index in [-0.39, 0.29) is 16.0 Å². The van der Waals surface area contributed by atoms with Crippen LogP contribution in [0, 0.1) is 0 Å². The molecule has 1 aliphatic heterocycles. The molecular formula is C23H29N3O5S3. The number of thiophene rings is 1. The second kappa shape index (κ2) is 11.1. The molecule has 2 aliphatic rings. The number of carbonyl (C=O) groups excluding carboxylic acids is 1. The number of morpholine rings is 1. The van der Waals surface area contributed by atoms with Crippen LogP contribution in [-0.2, 0) is 32.3 Å². The Kier molecular flexibility index (Phi) is 8.20. The Morgan fingerprint density at radius 2 is 1.94 bits per heavy atom. The molecule has 1 aromatic carbocycles. The number of carbonyl (C=O) groups is 1. The van der Waals surface area contributed by atoms with E-state index in [2.05, 4.69) is 10.6 Å². The van der Waals surface area contributed by atoms with E-state index >= 15 is 0 Å². The summed E-state index contributed by atoms with van der Waals surface area (Å²) in [6.45, 7) is 3.53. The van der Waals surface area contributed by atoms with E-state index < -0.39 is 10.0 Å². The van der Waals surface area contributed by atoms with E-state index in [4.69, 9.17) is 21.7 Å². The minimum Gasteiger partial charge on any atom is -0.462 e. The van der Waals surface area contributed by atoms with Crippen LogP contribution in [0.5, 0.6) is 0 Å². The van der Waals surface area contributed by atoms with Crippen molar-refractivity contribution >= 4 is 55.3 Å². The van der Waals surface area contributed by atoms with Crippen molar-refractivity contribution in [1.82, 2.24) is 4.31 Å². The zero-order valence-electron chi connectivity index (χ0n) is 19.1. The molecule has 1 saturated heterocycles. The maximum Gasteiger partial charge on any atom is 0.341 e. The maximum absolute atomic E-state index is 13.0. The molecule has 1 aliphatic carbocycles. The summed E-state index contributed by atoms with van der Waals surface area (Å²) in [4.78, 5) is 14.1. The largest absolute Gasteiger partial charge is 0.462 e. The molecule has 2 N–H and O–H groups in total. The minimum absolute atomic E-state index is 0.192. The van der Waals surface area contributed by atoms with E-state index in [1.54, 1.807) is 42.5 Å². The molecule has 8 nitrogen and oxygen atoms in total. The number of ether oxygens (including phenoxy) is 2. The highest BCUT2D eigenvalue weighted by Crippen LogP contribution is 2.38. The summed E-state index contributed by atoms with van der Waals surface area (Å²) in [5.74, 6) is -0.342. The average Bonchev–Trinajstić information content (AvgIpc) is 3.00. The number of fused-ring (bicyclic) bond motifs is 1. The van der Waals surface area contributed by atoms with Gasteiger partial charge in [0.05, 0.1) is 30.3 Å². The molecule has 0 bridgehead atoms. The van der Waals surface area contributed by atoms with Crippen molar-refractivity contribution in [2.24, 2.45) is 0 Å². The first kappa shape index (κ1) is 25.1. The van der Waals surface area contributed by atoms with Crippen molar-refractivity contribution in [3.05, 3.63) is 40.3 Å². The second-order valence-electron chi connectivity index (χ2n) is 8.11. The topological polar surface area (TPSA) is 97.0 Å². The number of sulfonamides is 1. The number of nitrogens with one attached hydrogen (secondary N) is 2. The van der Waals surface area contributed by atoms with Gasteiger partial charge < -0.3 is 20.1 Å². The van der Waals surface area contributed by atoms with Crippen molar-refractivity contribution in [3.63, 3.8) is 0 Å². The molecule has 11 heteroatoms. The van der Waals surface area contributed by atoms with Crippen molar-refractivity contribution in [3.8, 4) is 0 Å². The summed E-state index contributed by atoms with van der Waals surface area (Å²) in [7, 11) is -3.62. The Hall–Kier alpha value is -2.05. The maximum atomic E-state index is 13.0. The summed E-state index contributed by atoms with van der Waals surface area (Å²) in [6, 6.07) is 6.56. The fourth-order valence-electron chi connectivity index (χ4n) is 4.19. The second-order valence-corrected chi connectivity index (χ2v) is 11.6. The summed E-state index contributed by atoms with van der Waals surface area (Å²) in [5, 5.41) is 7.17. The first-order valence-corrected chi connectivity index (χ1v) is 14.1. The zero-order chi connectivity index (χ0) is 24.1. The Labute approximate surface area is 209 Å². The standard InChI is InChI=1S/C23H29N3O5S3/c1-2-31-22(27)20-18-9-4-3-5-10-19(18)33-21(20)25-23(32)24-16-7-6-8-17(15-16)34(28,29)26-11-13-30-14-12-26/h6-8,15H,2-5,9-14H2,1H3,(H2,24,25,32). The van der Waals surface area contributed by atoms with Gasteiger partial charge >= 0.3 is 5.97 Å². The Morgan fingerprint density at radius 3 is 2.71 bits per heavy atom. The van der Waals surface area contributed by atoms with Crippen LogP contribution in [0.4, 0.5) is 10.7 Å². The van der Waals surface area contributed by atoms with Gasteiger partial charge in [0.1, 0.15) is 5.00 Å². The number of nitrogens with zero attached hydrogens (tertiary/aromatic N) is 1. The van der Waals surface area contributed by atoms with Crippen LogP contribution in [0.25, 0.3) is 0 Å². The number of esters is 1. The van der Waals surface area contributed by atoms with Crippen LogP contribution in [-0.4, -0.2) is 56.7 Å². The van der Waals surface area contributed by atoms with Crippen molar-refractivity contribution in [2.75, 3.05) is 43.5 Å². The quantitative estimate of drug-likeness (QED) is 0.333. The van der Waals surface area contributed by atoms with Gasteiger partial charge in [-0.05, 0) is 68.6 Å². The molecule has 184 valence electrons. The lowest BCUT2D eigenvalue weighted by molar-refractivity contribution is 0.0527. The lowest BCUT2D eigenvalue weighted by Gasteiger charge is -2.26. The third kappa shape index (κ3) is 5.60. The van der Waals surface area contributed by atoms with Crippen molar-refractivity contribution < 1.29 is 22.7 Å². The number of anilines is 2. The first-order valence-electron chi connectivity index (χ1n) is 11.5. The summed E-state index contributed by atoms with van der Waals surface area (Å²) >= 11 is 7.05. The molecule has 0 spiro atoms. The SMILES string of the molecule is CCOC(=O)c1c(NC(=S)Nc2cccc(S(=O)(=O)N3CCOCC3)c2)sc2c1CCCCC2. The van der Waals surface area contributed by atoms with Crippen LogP contribution < -0.4 is 10.6 Å². The van der Waals surface area contributed by atoms with E-state index in [1.807, 2.05) is 0 Å². The minimum atomic E-state index is -3.62. The first-order chi connectivity index (χ1) is 16.4. The Morgan fingerprint density at radius 1 is 1.18 bits per heavy atom. The number of rotatable bonds is 6. The van der Waals surface area contributed by atoms with Gasteiger partial charge in [0.2, 0.25) is 10.0 Å². The fourth-order valence-corrected chi connectivity index (χ4v) is 7.21. The van der Waals surface area contributed by atoms with E-state index in [0.29, 0.717) is 49.2 Å². The van der Waals surface area contributed by atoms with Gasteiger partial charge in [-0.3, -0.25) is 0 Å². The molecule has 4 rings (SSSR count). The summed E-state index contributed by atoms with van der Waals surface area (Å²) in [6.07, 6.45) is 5.08. The van der Waals surface area contributed by atoms with Gasteiger partial charge in [0, 0.05) is 23.7 Å². The van der Waals surface area contributed by atoms with E-state index in [1.165, 1.54) is 9.18 Å². The number of thiocarbonyl (C=S) groups is 1. The van der Waals surface area contributed by atoms with Gasteiger partial charge in [-0.2, -0.15) is 4.31 Å². The van der Waals surface area contributed by atoms with Gasteiger partial charge in [0.15, 0.2) is 5.11 Å². The highest BCUT2D eigenvalue weighted by Gasteiger charge is 2.28. The molecular weight excluding hydrogens is 494 g/mol. The third-order valence-corrected chi connectivity index (χ3v) is 9.13. The zero-order valence-corrected chi connectivity index (χ0v) is 21.5. The van der Waals surface area contributed by atoms with Crippen LogP contribution in [0.1, 0.15) is 47.0 Å². The van der Waals surface area contributed by atoms with Crippen molar-refractivity contribution in [2.45, 2.75) is 43.9 Å². The van der Waals surface area contributed by atoms with E-state index in [0.717, 1.165) is 37.7 Å². The predicted molar refractivity (Wildman–Crippen MR) is 137 cm³/mol. The molecule has 34 heavy (non-hydrogen) atoms. The molecule has 2 heterocycles. The van der Waals surface area contributed by atoms with E-state index in [9.17, 15) is 13.2 Å². The molecule has 1 fully saturated rings. The lowest BCUT2D eigenvalue weighted by atomic mass is 10.1. The molecule has 0 unspecified atom stereocenters. The monoisotopic (exact) mass is 523 g/mol. The normalized spacial score (nSPS) is 16.9. The number of hydrogen-bond donors (Lipinski definition) is 2. The van der Waals surface area contributed by atoms with Gasteiger partial charge in [-0.15, -0.1) is 11.3 Å². The molecule has 0 atom stereocenters. The van der Waals surface area contributed by atoms with Crippen LogP contribution in [0.15, 0.2) is 29.2 Å². The molecule has 0 amide bonds. The predicted octanol–water partition coefficient (Wildman–Crippen LogP) is 4.02.